The summed E-state index contributed by atoms with van der Waals surface area (Å²) in [6.45, 7) is 1.74. The van der Waals surface area contributed by atoms with Gasteiger partial charge in [-0.05, 0) is 41.2 Å². The third-order valence-electron chi connectivity index (χ3n) is 4.11. The molecule has 25 heavy (non-hydrogen) atoms. The Kier molecular flexibility index (Phi) is 5.21. The number of hydrogen-bond acceptors (Lipinski definition) is 4. The molecule has 3 aromatic rings. The van der Waals surface area contributed by atoms with E-state index in [2.05, 4.69) is 4.37 Å². The van der Waals surface area contributed by atoms with E-state index in [1.54, 1.807) is 18.5 Å². The van der Waals surface area contributed by atoms with Gasteiger partial charge >= 0.3 is 0 Å². The topological polar surface area (TPSA) is 62.2 Å². The highest BCUT2D eigenvalue weighted by Crippen LogP contribution is 2.31. The number of hydroxylamine groups is 1. The highest BCUT2D eigenvalue weighted by atomic mass is 32.1. The first-order valence-electron chi connectivity index (χ1n) is 7.80. The van der Waals surface area contributed by atoms with Crippen LogP contribution in [0.15, 0.2) is 48.5 Å². The summed E-state index contributed by atoms with van der Waals surface area (Å²) in [5, 5.41) is 8.82. The van der Waals surface area contributed by atoms with Crippen LogP contribution in [0.25, 0.3) is 11.3 Å². The molecule has 6 heteroatoms. The summed E-state index contributed by atoms with van der Waals surface area (Å²) in [6, 6.07) is 14.7. The van der Waals surface area contributed by atoms with Gasteiger partial charge in [0.05, 0.1) is 12.1 Å². The summed E-state index contributed by atoms with van der Waals surface area (Å²) in [4.78, 5) is 12.4. The van der Waals surface area contributed by atoms with Crippen molar-refractivity contribution in [1.29, 1.82) is 0 Å². The Labute approximate surface area is 149 Å². The number of nitrogens with zero attached hydrogens (tertiary/aromatic N) is 1. The Morgan fingerprint density at radius 1 is 1.20 bits per heavy atom. The van der Waals surface area contributed by atoms with Crippen molar-refractivity contribution in [2.45, 2.75) is 19.8 Å². The minimum atomic E-state index is -0.500. The number of benzene rings is 2. The van der Waals surface area contributed by atoms with Crippen molar-refractivity contribution >= 4 is 17.4 Å². The van der Waals surface area contributed by atoms with Gasteiger partial charge in [-0.25, -0.2) is 9.87 Å². The molecule has 0 unspecified atom stereocenters. The lowest BCUT2D eigenvalue weighted by atomic mass is 9.96. The van der Waals surface area contributed by atoms with Crippen molar-refractivity contribution in [2.24, 2.45) is 0 Å². The van der Waals surface area contributed by atoms with Crippen molar-refractivity contribution in [2.75, 3.05) is 0 Å². The smallest absolute Gasteiger partial charge is 0.248 e. The molecule has 0 radical (unpaired) electrons. The molecule has 3 rings (SSSR count). The first-order valence-corrected chi connectivity index (χ1v) is 8.57. The van der Waals surface area contributed by atoms with Crippen LogP contribution >= 0.6 is 11.5 Å². The molecule has 1 amide bonds. The van der Waals surface area contributed by atoms with Crippen LogP contribution in [0.4, 0.5) is 4.39 Å². The van der Waals surface area contributed by atoms with E-state index in [0.29, 0.717) is 12.0 Å². The van der Waals surface area contributed by atoms with Crippen LogP contribution in [-0.4, -0.2) is 15.5 Å². The zero-order chi connectivity index (χ0) is 17.8. The molecule has 4 nitrogen and oxygen atoms in total. The molecule has 0 atom stereocenters. The molecule has 2 N–H and O–H groups in total. The standard InChI is InChI=1S/C19H17FN2O2S/c1-12-14(8-5-9-16(12)20)10-15-17(11-18(23)21-24)25-22-19(15)13-6-3-2-4-7-13/h2-9,24H,10-11H2,1H3,(H,21,23). The maximum Gasteiger partial charge on any atom is 0.248 e. The predicted octanol–water partition coefficient (Wildman–Crippen LogP) is 3.90. The van der Waals surface area contributed by atoms with Gasteiger partial charge in [0.25, 0.3) is 0 Å². The van der Waals surface area contributed by atoms with E-state index in [0.717, 1.165) is 27.3 Å². The lowest BCUT2D eigenvalue weighted by Crippen LogP contribution is -2.20. The van der Waals surface area contributed by atoms with Crippen LogP contribution in [-0.2, 0) is 17.6 Å². The first kappa shape index (κ1) is 17.3. The summed E-state index contributed by atoms with van der Waals surface area (Å²) in [5.41, 5.74) is 5.71. The zero-order valence-electron chi connectivity index (χ0n) is 13.6. The molecule has 1 aromatic heterocycles. The molecule has 2 aromatic carbocycles. The molecule has 0 spiro atoms. The van der Waals surface area contributed by atoms with Gasteiger partial charge < -0.3 is 0 Å². The minimum Gasteiger partial charge on any atom is -0.289 e. The van der Waals surface area contributed by atoms with Gasteiger partial charge in [0, 0.05) is 16.9 Å². The van der Waals surface area contributed by atoms with Crippen molar-refractivity contribution in [3.05, 3.63) is 75.9 Å². The average Bonchev–Trinajstić information content (AvgIpc) is 3.02. The van der Waals surface area contributed by atoms with E-state index in [1.807, 2.05) is 36.4 Å². The van der Waals surface area contributed by atoms with Gasteiger partial charge in [0.15, 0.2) is 0 Å². The van der Waals surface area contributed by atoms with E-state index in [1.165, 1.54) is 17.6 Å². The number of amides is 1. The van der Waals surface area contributed by atoms with E-state index in [9.17, 15) is 9.18 Å². The molecule has 128 valence electrons. The lowest BCUT2D eigenvalue weighted by molar-refractivity contribution is -0.128. The number of aromatic nitrogens is 1. The molecule has 0 aliphatic rings. The van der Waals surface area contributed by atoms with Crippen LogP contribution in [0.1, 0.15) is 21.6 Å². The fourth-order valence-corrected chi connectivity index (χ4v) is 3.60. The Morgan fingerprint density at radius 3 is 2.68 bits per heavy atom. The molecule has 0 aliphatic carbocycles. The summed E-state index contributed by atoms with van der Waals surface area (Å²) < 4.78 is 18.4. The van der Waals surface area contributed by atoms with Crippen LogP contribution in [0.3, 0.4) is 0 Å². The van der Waals surface area contributed by atoms with Crippen molar-refractivity contribution in [3.8, 4) is 11.3 Å². The maximum absolute atomic E-state index is 13.9. The van der Waals surface area contributed by atoms with Crippen LogP contribution in [0.5, 0.6) is 0 Å². The summed E-state index contributed by atoms with van der Waals surface area (Å²) in [6.07, 6.45) is 0.503. The van der Waals surface area contributed by atoms with Gasteiger partial charge in [0.2, 0.25) is 5.91 Å². The monoisotopic (exact) mass is 356 g/mol. The van der Waals surface area contributed by atoms with Crippen LogP contribution in [0, 0.1) is 12.7 Å². The average molecular weight is 356 g/mol. The number of hydrogen-bond donors (Lipinski definition) is 2. The number of rotatable bonds is 5. The van der Waals surface area contributed by atoms with Gasteiger partial charge in [0.1, 0.15) is 5.82 Å². The maximum atomic E-state index is 13.9. The van der Waals surface area contributed by atoms with Crippen molar-refractivity contribution < 1.29 is 14.4 Å². The highest BCUT2D eigenvalue weighted by Gasteiger charge is 2.19. The molecular formula is C19H17FN2O2S. The first-order chi connectivity index (χ1) is 12.1. The zero-order valence-corrected chi connectivity index (χ0v) is 14.4. The summed E-state index contributed by atoms with van der Waals surface area (Å²) in [5.74, 6) is -0.753. The van der Waals surface area contributed by atoms with Gasteiger partial charge in [-0.1, -0.05) is 42.5 Å². The van der Waals surface area contributed by atoms with Crippen LogP contribution in [0.2, 0.25) is 0 Å². The quantitative estimate of drug-likeness (QED) is 0.538. The molecule has 0 saturated heterocycles. The molecule has 0 bridgehead atoms. The Morgan fingerprint density at radius 2 is 1.96 bits per heavy atom. The normalized spacial score (nSPS) is 10.7. The fourth-order valence-electron chi connectivity index (χ4n) is 2.71. The van der Waals surface area contributed by atoms with E-state index < -0.39 is 5.91 Å². The summed E-state index contributed by atoms with van der Waals surface area (Å²) >= 11 is 1.23. The third-order valence-corrected chi connectivity index (χ3v) is 4.99. The molecular weight excluding hydrogens is 339 g/mol. The molecule has 0 saturated carbocycles. The van der Waals surface area contributed by atoms with E-state index >= 15 is 0 Å². The number of halogens is 1. The minimum absolute atomic E-state index is 0.0324. The van der Waals surface area contributed by atoms with Gasteiger partial charge in [-0.15, -0.1) is 0 Å². The SMILES string of the molecule is Cc1c(F)cccc1Cc1c(-c2ccccc2)nsc1CC(=O)NO. The predicted molar refractivity (Wildman–Crippen MR) is 95.1 cm³/mol. The number of nitrogens with one attached hydrogen (secondary N) is 1. The Hall–Kier alpha value is -2.57. The highest BCUT2D eigenvalue weighted by molar-refractivity contribution is 7.06. The summed E-state index contributed by atoms with van der Waals surface area (Å²) in [7, 11) is 0. The number of carbonyl (C=O) groups is 1. The van der Waals surface area contributed by atoms with Crippen molar-refractivity contribution in [3.63, 3.8) is 0 Å². The lowest BCUT2D eigenvalue weighted by Gasteiger charge is -2.10. The molecule has 0 aliphatic heterocycles. The second-order valence-corrected chi connectivity index (χ2v) is 6.57. The second kappa shape index (κ2) is 7.55. The second-order valence-electron chi connectivity index (χ2n) is 5.71. The Balaban J connectivity index is 2.06. The Bertz CT molecular complexity index is 894. The van der Waals surface area contributed by atoms with Crippen LogP contribution < -0.4 is 5.48 Å². The fraction of sp³-hybridized carbons (Fsp3) is 0.158. The van der Waals surface area contributed by atoms with E-state index in [4.69, 9.17) is 5.21 Å². The van der Waals surface area contributed by atoms with Crippen molar-refractivity contribution in [1.82, 2.24) is 9.85 Å². The van der Waals surface area contributed by atoms with Gasteiger partial charge in [-0.3, -0.25) is 10.0 Å². The largest absolute Gasteiger partial charge is 0.289 e. The van der Waals surface area contributed by atoms with E-state index in [-0.39, 0.29) is 12.2 Å². The number of carbonyl (C=O) groups excluding carboxylic acids is 1. The molecule has 1 heterocycles. The molecule has 0 fully saturated rings. The third kappa shape index (κ3) is 3.75. The van der Waals surface area contributed by atoms with Gasteiger partial charge in [-0.2, -0.15) is 4.37 Å².